The van der Waals surface area contributed by atoms with Crippen molar-refractivity contribution in [2.75, 3.05) is 26.4 Å². The fourth-order valence-corrected chi connectivity index (χ4v) is 6.70. The minimum Gasteiger partial charge on any atom is -0.462 e. The van der Waals surface area contributed by atoms with Crippen LogP contribution >= 0.6 is 7.82 Å². The van der Waals surface area contributed by atoms with Gasteiger partial charge in [-0.3, -0.25) is 18.6 Å². The topological polar surface area (TPSA) is 169 Å². The van der Waals surface area contributed by atoms with E-state index in [0.29, 0.717) is 32.1 Å². The lowest BCUT2D eigenvalue weighted by molar-refractivity contribution is -0.161. The highest BCUT2D eigenvalue weighted by atomic mass is 31.2. The van der Waals surface area contributed by atoms with Gasteiger partial charge in [0.25, 0.3) is 0 Å². The van der Waals surface area contributed by atoms with E-state index in [0.717, 1.165) is 38.0 Å². The molecule has 5 atom stereocenters. The molecule has 0 aliphatic heterocycles. The van der Waals surface area contributed by atoms with E-state index >= 15 is 0 Å². The van der Waals surface area contributed by atoms with Crippen LogP contribution in [0.1, 0.15) is 175 Å². The molecule has 11 nitrogen and oxygen atoms in total. The Kier molecular flexibility index (Phi) is 39.4. The number of hydrogen-bond donors (Lipinski definition) is 4. The Balaban J connectivity index is 4.41. The summed E-state index contributed by atoms with van der Waals surface area (Å²) in [5, 5.41) is 28.4. The summed E-state index contributed by atoms with van der Waals surface area (Å²) in [7, 11) is -4.65. The van der Waals surface area contributed by atoms with Crippen molar-refractivity contribution in [2.24, 2.45) is 5.92 Å². The van der Waals surface area contributed by atoms with E-state index in [4.69, 9.17) is 19.1 Å². The van der Waals surface area contributed by atoms with Crippen LogP contribution in [0.3, 0.4) is 0 Å². The number of hydrogen-bond acceptors (Lipinski definition) is 10. The van der Waals surface area contributed by atoms with Crippen molar-refractivity contribution in [1.29, 1.82) is 0 Å². The first-order valence-electron chi connectivity index (χ1n) is 22.7. The van der Waals surface area contributed by atoms with Gasteiger partial charge in [-0.2, -0.15) is 0 Å². The zero-order valence-corrected chi connectivity index (χ0v) is 37.9. The molecule has 0 aromatic rings. The summed E-state index contributed by atoms with van der Waals surface area (Å²) >= 11 is 0. The van der Waals surface area contributed by atoms with E-state index in [1.54, 1.807) is 6.08 Å². The van der Waals surface area contributed by atoms with Crippen LogP contribution in [-0.4, -0.2) is 76.9 Å². The second-order valence-electron chi connectivity index (χ2n) is 15.5. The first-order chi connectivity index (χ1) is 28.5. The summed E-state index contributed by atoms with van der Waals surface area (Å²) < 4.78 is 32.7. The number of ether oxygens (including phenoxy) is 2. The molecule has 0 amide bonds. The van der Waals surface area contributed by atoms with Gasteiger partial charge in [0.15, 0.2) is 6.10 Å². The molecule has 4 N–H and O–H groups in total. The van der Waals surface area contributed by atoms with Crippen LogP contribution in [0.4, 0.5) is 0 Å². The minimum absolute atomic E-state index is 0.130. The maximum atomic E-state index is 12.6. The Morgan fingerprint density at radius 3 is 1.83 bits per heavy atom. The lowest BCUT2D eigenvalue weighted by Crippen LogP contribution is -2.29. The average Bonchev–Trinajstić information content (AvgIpc) is 3.22. The Morgan fingerprint density at radius 1 is 0.644 bits per heavy atom. The van der Waals surface area contributed by atoms with Crippen molar-refractivity contribution < 1.29 is 52.9 Å². The number of aliphatic hydroxyl groups excluding tert-OH is 3. The van der Waals surface area contributed by atoms with Crippen LogP contribution < -0.4 is 0 Å². The molecule has 0 aromatic heterocycles. The fraction of sp³-hybridized carbons (Fsp3) is 0.745. The quantitative estimate of drug-likeness (QED) is 0.0152. The summed E-state index contributed by atoms with van der Waals surface area (Å²) in [6.07, 6.45) is 40.7. The number of unbranched alkanes of at least 4 members (excludes halogenated alkanes) is 14. The molecule has 0 aliphatic rings. The van der Waals surface area contributed by atoms with E-state index in [2.05, 4.69) is 37.4 Å². The van der Waals surface area contributed by atoms with Gasteiger partial charge in [0.05, 0.1) is 25.9 Å². The molecule has 0 rings (SSSR count). The van der Waals surface area contributed by atoms with Gasteiger partial charge in [0.2, 0.25) is 0 Å². The summed E-state index contributed by atoms with van der Waals surface area (Å²) in [6, 6.07) is 0. The minimum atomic E-state index is -4.65. The lowest BCUT2D eigenvalue weighted by Gasteiger charge is -2.20. The molecule has 0 heterocycles. The molecule has 0 spiro atoms. The Hall–Kier alpha value is -2.37. The third kappa shape index (κ3) is 40.8. The highest BCUT2D eigenvalue weighted by Crippen LogP contribution is 2.43. The summed E-state index contributed by atoms with van der Waals surface area (Å²) in [5.41, 5.74) is 0. The summed E-state index contributed by atoms with van der Waals surface area (Å²) in [6.45, 7) is 4.48. The van der Waals surface area contributed by atoms with Gasteiger partial charge in [0, 0.05) is 12.8 Å². The average molecular weight is 855 g/mol. The summed E-state index contributed by atoms with van der Waals surface area (Å²) in [5.74, 6) is -0.167. The first kappa shape index (κ1) is 56.6. The molecular weight excluding hydrogens is 771 g/mol. The van der Waals surface area contributed by atoms with Crippen LogP contribution in [0.5, 0.6) is 0 Å². The van der Waals surface area contributed by atoms with Crippen molar-refractivity contribution in [3.63, 3.8) is 0 Å². The molecule has 0 fully saturated rings. The van der Waals surface area contributed by atoms with Crippen molar-refractivity contribution in [1.82, 2.24) is 0 Å². The number of allylic oxidation sites excluding steroid dienone is 8. The van der Waals surface area contributed by atoms with E-state index in [-0.39, 0.29) is 19.4 Å². The molecule has 0 aliphatic carbocycles. The predicted octanol–water partition coefficient (Wildman–Crippen LogP) is 11.1. The molecule has 0 aromatic carbocycles. The zero-order valence-electron chi connectivity index (χ0n) is 37.0. The summed E-state index contributed by atoms with van der Waals surface area (Å²) in [4.78, 5) is 35.0. The molecule has 0 bridgehead atoms. The molecule has 0 saturated carbocycles. The van der Waals surface area contributed by atoms with Crippen molar-refractivity contribution in [3.05, 3.63) is 60.8 Å². The maximum Gasteiger partial charge on any atom is 0.472 e. The van der Waals surface area contributed by atoms with Crippen molar-refractivity contribution in [2.45, 2.75) is 193 Å². The highest BCUT2D eigenvalue weighted by Gasteiger charge is 2.27. The standard InChI is InChI=1S/C47H83O11P/c1-4-6-7-8-24-29-34-43(49)35-30-25-20-17-18-21-26-31-36-46(51)55-40-45(41-57-59(53,54)56-39-44(50)38-48)58-47(52)37-32-27-22-16-14-12-10-9-11-13-15-19-23-28-33-42(3)5-2/h6-7,18,20-21,24-25,29-30,35,42-45,48-50H,4-5,8-17,19,22-23,26-28,31-34,36-41H2,1-3H3,(H,53,54)/b7-6-,21-18-,25-20-,29-24-,35-30+/t42?,43?,44-,45+/m0/s1. The second kappa shape index (κ2) is 41.0. The van der Waals surface area contributed by atoms with Crippen LogP contribution in [0, 0.1) is 5.92 Å². The van der Waals surface area contributed by atoms with Gasteiger partial charge in [-0.15, -0.1) is 0 Å². The Labute approximate surface area is 358 Å². The number of phosphoric acid groups is 1. The van der Waals surface area contributed by atoms with Crippen molar-refractivity contribution >= 4 is 19.8 Å². The second-order valence-corrected chi connectivity index (χ2v) is 16.9. The van der Waals surface area contributed by atoms with Gasteiger partial charge in [-0.1, -0.05) is 178 Å². The number of aliphatic hydroxyl groups is 3. The Morgan fingerprint density at radius 2 is 1.20 bits per heavy atom. The van der Waals surface area contributed by atoms with Gasteiger partial charge < -0.3 is 29.7 Å². The molecule has 0 radical (unpaired) electrons. The third-order valence-corrected chi connectivity index (χ3v) is 10.8. The zero-order chi connectivity index (χ0) is 43.7. The molecular formula is C47H83O11P. The third-order valence-electron chi connectivity index (χ3n) is 9.81. The maximum absolute atomic E-state index is 12.6. The molecule has 59 heavy (non-hydrogen) atoms. The fourth-order valence-electron chi connectivity index (χ4n) is 5.91. The lowest BCUT2D eigenvalue weighted by atomic mass is 9.99. The molecule has 342 valence electrons. The number of rotatable bonds is 41. The van der Waals surface area contributed by atoms with Gasteiger partial charge in [-0.25, -0.2) is 4.57 Å². The van der Waals surface area contributed by atoms with Crippen LogP contribution in [0.25, 0.3) is 0 Å². The number of phosphoric ester groups is 1. The van der Waals surface area contributed by atoms with E-state index < -0.39 is 57.9 Å². The van der Waals surface area contributed by atoms with Crippen LogP contribution in [0.2, 0.25) is 0 Å². The van der Waals surface area contributed by atoms with Gasteiger partial charge >= 0.3 is 19.8 Å². The van der Waals surface area contributed by atoms with Crippen LogP contribution in [0.15, 0.2) is 60.8 Å². The normalized spacial score (nSPS) is 15.4. The highest BCUT2D eigenvalue weighted by molar-refractivity contribution is 7.47. The van der Waals surface area contributed by atoms with Crippen LogP contribution in [-0.2, 0) is 32.7 Å². The van der Waals surface area contributed by atoms with Crippen molar-refractivity contribution in [3.8, 4) is 0 Å². The van der Waals surface area contributed by atoms with E-state index in [9.17, 15) is 29.3 Å². The van der Waals surface area contributed by atoms with Gasteiger partial charge in [-0.05, 0) is 50.9 Å². The number of carbonyl (C=O) groups excluding carboxylic acids is 2. The number of esters is 2. The largest absolute Gasteiger partial charge is 0.472 e. The number of carbonyl (C=O) groups is 2. The van der Waals surface area contributed by atoms with E-state index in [1.165, 1.54) is 77.0 Å². The first-order valence-corrected chi connectivity index (χ1v) is 24.2. The van der Waals surface area contributed by atoms with Gasteiger partial charge in [0.1, 0.15) is 12.7 Å². The molecule has 3 unspecified atom stereocenters. The Bertz CT molecular complexity index is 1200. The molecule has 0 saturated heterocycles. The smallest absolute Gasteiger partial charge is 0.462 e. The van der Waals surface area contributed by atoms with E-state index in [1.807, 2.05) is 42.5 Å². The SMILES string of the molecule is CC/C=C\C/C=C\CC(O)/C=C/C=C\C/C=C\CCCC(=O)OC[C@H](COP(=O)(O)OC[C@@H](O)CO)OC(=O)CCCCCCCCCCCCCCCCC(C)CC. The predicted molar refractivity (Wildman–Crippen MR) is 239 cm³/mol. The monoisotopic (exact) mass is 855 g/mol. The molecule has 12 heteroatoms.